The highest BCUT2D eigenvalue weighted by Crippen LogP contribution is 2.29. The molecule has 0 aromatic heterocycles. The van der Waals surface area contributed by atoms with Gasteiger partial charge < -0.3 is 15.6 Å². The van der Waals surface area contributed by atoms with Gasteiger partial charge in [-0.05, 0) is 74.8 Å². The smallest absolute Gasteiger partial charge is 0.490 e. The summed E-state index contributed by atoms with van der Waals surface area (Å²) in [6.07, 6.45) is 2.10. The zero-order chi connectivity index (χ0) is 23.4. The van der Waals surface area contributed by atoms with Gasteiger partial charge in [0.05, 0.1) is 13.7 Å². The Balaban J connectivity index is 0.000000592. The van der Waals surface area contributed by atoms with E-state index in [4.69, 9.17) is 32.0 Å². The number of rotatable bonds is 8. The van der Waals surface area contributed by atoms with Crippen LogP contribution < -0.4 is 5.73 Å². The maximum Gasteiger partial charge on any atom is 0.490 e. The van der Waals surface area contributed by atoms with E-state index in [0.29, 0.717) is 0 Å². The van der Waals surface area contributed by atoms with E-state index in [1.165, 1.54) is 31.2 Å². The van der Waals surface area contributed by atoms with E-state index in [-0.39, 0.29) is 0 Å². The van der Waals surface area contributed by atoms with Crippen LogP contribution >= 0.6 is 11.6 Å². The summed E-state index contributed by atoms with van der Waals surface area (Å²) in [6.45, 7) is 5.76. The number of benzene rings is 1. The van der Waals surface area contributed by atoms with Gasteiger partial charge in [-0.15, -0.1) is 0 Å². The van der Waals surface area contributed by atoms with Crippen molar-refractivity contribution in [2.24, 2.45) is 17.6 Å². The molecule has 1 fully saturated rings. The zero-order valence-corrected chi connectivity index (χ0v) is 18.8. The SMILES string of the molecule is C/C=C(/CN(Cc1ccc(Cl)cc1)CC1CCC(CN)CC1)OC.O=C(O)C(F)(F)F. The lowest BCUT2D eigenvalue weighted by molar-refractivity contribution is -0.192. The van der Waals surface area contributed by atoms with Gasteiger partial charge in [-0.1, -0.05) is 23.7 Å². The highest BCUT2D eigenvalue weighted by Gasteiger charge is 2.38. The first kappa shape index (κ1) is 27.3. The Morgan fingerprint density at radius 3 is 2.16 bits per heavy atom. The number of hydrogen-bond acceptors (Lipinski definition) is 4. The molecule has 1 aromatic rings. The van der Waals surface area contributed by atoms with Crippen LogP contribution in [0, 0.1) is 11.8 Å². The van der Waals surface area contributed by atoms with Crippen molar-refractivity contribution in [3.8, 4) is 0 Å². The van der Waals surface area contributed by atoms with Gasteiger partial charge >= 0.3 is 12.1 Å². The molecular weight excluding hydrogens is 433 g/mol. The highest BCUT2D eigenvalue weighted by atomic mass is 35.5. The minimum Gasteiger partial charge on any atom is -0.500 e. The van der Waals surface area contributed by atoms with Gasteiger partial charge in [-0.3, -0.25) is 4.90 Å². The van der Waals surface area contributed by atoms with Crippen LogP contribution in [0.2, 0.25) is 5.02 Å². The molecule has 0 heterocycles. The molecule has 2 rings (SSSR count). The average molecular weight is 465 g/mol. The molecule has 0 bridgehead atoms. The molecule has 0 saturated heterocycles. The molecule has 9 heteroatoms. The van der Waals surface area contributed by atoms with Gasteiger partial charge in [0, 0.05) is 18.1 Å². The number of nitrogens with zero attached hydrogens (tertiary/aromatic N) is 1. The van der Waals surface area contributed by atoms with E-state index in [1.54, 1.807) is 7.11 Å². The van der Waals surface area contributed by atoms with Crippen molar-refractivity contribution in [2.75, 3.05) is 26.7 Å². The predicted molar refractivity (Wildman–Crippen MR) is 116 cm³/mol. The first-order valence-corrected chi connectivity index (χ1v) is 10.6. The predicted octanol–water partition coefficient (Wildman–Crippen LogP) is 5.09. The monoisotopic (exact) mass is 464 g/mol. The fourth-order valence-corrected chi connectivity index (χ4v) is 3.67. The van der Waals surface area contributed by atoms with Crippen LogP contribution in [-0.2, 0) is 16.1 Å². The Kier molecular flexibility index (Phi) is 12.0. The molecule has 1 aliphatic rings. The van der Waals surface area contributed by atoms with E-state index < -0.39 is 12.1 Å². The second-order valence-corrected chi connectivity index (χ2v) is 8.12. The first-order chi connectivity index (χ1) is 14.6. The molecule has 176 valence electrons. The summed E-state index contributed by atoms with van der Waals surface area (Å²) in [7, 11) is 1.75. The van der Waals surface area contributed by atoms with E-state index in [0.717, 1.165) is 48.8 Å². The maximum atomic E-state index is 10.6. The Labute approximate surface area is 187 Å². The zero-order valence-electron chi connectivity index (χ0n) is 18.0. The molecule has 1 aliphatic carbocycles. The number of carboxylic acid groups (broad SMARTS) is 1. The standard InChI is InChI=1S/C20H31ClN2O.C2HF3O2/c1-3-20(24-2)15-23(14-18-8-10-19(21)11-9-18)13-17-6-4-16(12-22)5-7-17;3-2(4,5)1(6)7/h3,8-11,16-17H,4-7,12-15,22H2,1-2H3;(H,6,7)/b20-3-;. The van der Waals surface area contributed by atoms with Gasteiger partial charge in [0.25, 0.3) is 0 Å². The molecule has 3 N–H and O–H groups in total. The number of hydrogen-bond donors (Lipinski definition) is 2. The van der Waals surface area contributed by atoms with Crippen LogP contribution in [0.3, 0.4) is 0 Å². The van der Waals surface area contributed by atoms with Crippen LogP contribution in [0.1, 0.15) is 38.2 Å². The summed E-state index contributed by atoms with van der Waals surface area (Å²) >= 11 is 6.01. The van der Waals surface area contributed by atoms with Crippen LogP contribution in [0.5, 0.6) is 0 Å². The number of halogens is 4. The summed E-state index contributed by atoms with van der Waals surface area (Å²) in [5.41, 5.74) is 7.11. The van der Waals surface area contributed by atoms with E-state index in [2.05, 4.69) is 23.1 Å². The van der Waals surface area contributed by atoms with Gasteiger partial charge in [-0.2, -0.15) is 13.2 Å². The summed E-state index contributed by atoms with van der Waals surface area (Å²) in [4.78, 5) is 11.4. The molecule has 0 amide bonds. The minimum absolute atomic E-state index is 0.732. The Morgan fingerprint density at radius 1 is 1.23 bits per heavy atom. The molecule has 1 saturated carbocycles. The normalized spacial score (nSPS) is 19.5. The number of methoxy groups -OCH3 is 1. The van der Waals surface area contributed by atoms with E-state index in [9.17, 15) is 13.2 Å². The van der Waals surface area contributed by atoms with Crippen molar-refractivity contribution in [2.45, 2.75) is 45.3 Å². The molecule has 1 aromatic carbocycles. The first-order valence-electron chi connectivity index (χ1n) is 10.2. The molecular formula is C22H32ClF3N2O3. The van der Waals surface area contributed by atoms with Crippen LogP contribution in [0.25, 0.3) is 0 Å². The number of carbonyl (C=O) groups is 1. The van der Waals surface area contributed by atoms with E-state index >= 15 is 0 Å². The Morgan fingerprint density at radius 2 is 1.74 bits per heavy atom. The lowest BCUT2D eigenvalue weighted by Gasteiger charge is -2.32. The Hall–Kier alpha value is -1.77. The maximum absolute atomic E-state index is 10.6. The highest BCUT2D eigenvalue weighted by molar-refractivity contribution is 6.30. The molecule has 0 spiro atoms. The molecule has 0 unspecified atom stereocenters. The third kappa shape index (κ3) is 10.9. The van der Waals surface area contributed by atoms with Crippen molar-refractivity contribution in [1.82, 2.24) is 4.90 Å². The number of ether oxygens (including phenoxy) is 1. The number of alkyl halides is 3. The van der Waals surface area contributed by atoms with E-state index in [1.807, 2.05) is 19.1 Å². The topological polar surface area (TPSA) is 75.8 Å². The summed E-state index contributed by atoms with van der Waals surface area (Å²) in [5, 5.41) is 7.91. The molecule has 0 radical (unpaired) electrons. The van der Waals surface area contributed by atoms with Crippen LogP contribution in [-0.4, -0.2) is 48.9 Å². The minimum atomic E-state index is -5.08. The van der Waals surface area contributed by atoms with Crippen molar-refractivity contribution in [3.63, 3.8) is 0 Å². The van der Waals surface area contributed by atoms with Crippen LogP contribution in [0.15, 0.2) is 36.1 Å². The third-order valence-corrected chi connectivity index (χ3v) is 5.59. The molecule has 5 nitrogen and oxygen atoms in total. The fourth-order valence-electron chi connectivity index (χ4n) is 3.54. The largest absolute Gasteiger partial charge is 0.500 e. The van der Waals surface area contributed by atoms with Gasteiger partial charge in [0.2, 0.25) is 0 Å². The number of allylic oxidation sites excluding steroid dienone is 1. The second-order valence-electron chi connectivity index (χ2n) is 7.68. The molecule has 0 aliphatic heterocycles. The lowest BCUT2D eigenvalue weighted by Crippen LogP contribution is -2.34. The van der Waals surface area contributed by atoms with Gasteiger partial charge in [-0.25, -0.2) is 4.79 Å². The Bertz CT molecular complexity index is 688. The average Bonchev–Trinajstić information content (AvgIpc) is 2.73. The van der Waals surface area contributed by atoms with Crippen LogP contribution in [0.4, 0.5) is 13.2 Å². The summed E-state index contributed by atoms with van der Waals surface area (Å²) < 4.78 is 37.2. The number of carboxylic acids is 1. The quantitative estimate of drug-likeness (QED) is 0.524. The van der Waals surface area contributed by atoms with Gasteiger partial charge in [0.1, 0.15) is 5.76 Å². The number of aliphatic carboxylic acids is 1. The summed E-state index contributed by atoms with van der Waals surface area (Å²) in [6, 6.07) is 8.16. The fraction of sp³-hybridized carbons (Fsp3) is 0.591. The van der Waals surface area contributed by atoms with Gasteiger partial charge in [0.15, 0.2) is 0 Å². The van der Waals surface area contributed by atoms with Crippen molar-refractivity contribution < 1.29 is 27.8 Å². The van der Waals surface area contributed by atoms with Crippen molar-refractivity contribution in [1.29, 1.82) is 0 Å². The third-order valence-electron chi connectivity index (χ3n) is 5.34. The molecule has 31 heavy (non-hydrogen) atoms. The second kappa shape index (κ2) is 13.6. The van der Waals surface area contributed by atoms with Crippen molar-refractivity contribution in [3.05, 3.63) is 46.7 Å². The summed E-state index contributed by atoms with van der Waals surface area (Å²) in [5.74, 6) is -0.238. The lowest BCUT2D eigenvalue weighted by atomic mass is 9.82. The molecule has 0 atom stereocenters. The van der Waals surface area contributed by atoms with Crippen molar-refractivity contribution >= 4 is 17.6 Å². The number of nitrogens with two attached hydrogens (primary N) is 1.